The van der Waals surface area contributed by atoms with E-state index in [1.165, 1.54) is 0 Å². The van der Waals surface area contributed by atoms with Crippen molar-refractivity contribution < 1.29 is 4.79 Å². The zero-order valence-electron chi connectivity index (χ0n) is 8.95. The number of nitrogens with one attached hydrogen (secondary N) is 1. The Labute approximate surface area is 89.5 Å². The predicted molar refractivity (Wildman–Crippen MR) is 61.5 cm³/mol. The largest absolute Gasteiger partial charge is 0.354 e. The lowest BCUT2D eigenvalue weighted by Gasteiger charge is -2.03. The van der Waals surface area contributed by atoms with Gasteiger partial charge in [-0.2, -0.15) is 0 Å². The van der Waals surface area contributed by atoms with E-state index in [1.807, 2.05) is 19.1 Å². The average molecular weight is 202 g/mol. The Balaban J connectivity index is 3.12. The summed E-state index contributed by atoms with van der Waals surface area (Å²) in [6, 6.07) is 3.60. The van der Waals surface area contributed by atoms with Crippen LogP contribution in [-0.2, 0) is 0 Å². The van der Waals surface area contributed by atoms with E-state index in [1.54, 1.807) is 25.4 Å². The molecule has 15 heavy (non-hydrogen) atoms. The van der Waals surface area contributed by atoms with E-state index in [2.05, 4.69) is 16.9 Å². The van der Waals surface area contributed by atoms with Crippen LogP contribution in [0.4, 0.5) is 0 Å². The molecule has 1 amide bonds. The molecule has 0 fully saturated rings. The molecule has 3 nitrogen and oxygen atoms in total. The second-order valence-electron chi connectivity index (χ2n) is 2.96. The molecule has 1 aromatic rings. The third-order valence-electron chi connectivity index (χ3n) is 2.08. The van der Waals surface area contributed by atoms with Crippen LogP contribution < -0.4 is 5.32 Å². The van der Waals surface area contributed by atoms with Gasteiger partial charge < -0.3 is 5.32 Å². The van der Waals surface area contributed by atoms with E-state index in [0.717, 1.165) is 11.1 Å². The number of nitrogens with zero attached hydrogens (tertiary/aromatic N) is 1. The van der Waals surface area contributed by atoms with Gasteiger partial charge in [0, 0.05) is 13.2 Å². The number of hydrogen-bond acceptors (Lipinski definition) is 2. The van der Waals surface area contributed by atoms with Crippen LogP contribution in [0.1, 0.15) is 23.0 Å². The smallest absolute Gasteiger partial charge is 0.269 e. The van der Waals surface area contributed by atoms with Gasteiger partial charge >= 0.3 is 0 Å². The van der Waals surface area contributed by atoms with Gasteiger partial charge in [-0.25, -0.2) is 0 Å². The minimum atomic E-state index is -0.184. The standard InChI is InChI=1S/C12H14N2O/c1-4-9(5-2)10-6-7-14-11(8-10)12(15)13-3/h4-8H,1H2,2-3H3,(H,13,15)/b9-5+. The van der Waals surface area contributed by atoms with Crippen LogP contribution in [0.2, 0.25) is 0 Å². The van der Waals surface area contributed by atoms with Gasteiger partial charge in [0.05, 0.1) is 0 Å². The first-order chi connectivity index (χ1) is 7.22. The van der Waals surface area contributed by atoms with E-state index in [9.17, 15) is 4.79 Å². The maximum atomic E-state index is 11.3. The molecule has 78 valence electrons. The Kier molecular flexibility index (Phi) is 3.80. The van der Waals surface area contributed by atoms with Crippen molar-refractivity contribution in [1.29, 1.82) is 0 Å². The number of carbonyl (C=O) groups is 1. The molecule has 0 bridgehead atoms. The van der Waals surface area contributed by atoms with Crippen LogP contribution in [-0.4, -0.2) is 17.9 Å². The highest BCUT2D eigenvalue weighted by Crippen LogP contribution is 2.15. The summed E-state index contributed by atoms with van der Waals surface area (Å²) in [5.41, 5.74) is 2.35. The predicted octanol–water partition coefficient (Wildman–Crippen LogP) is 2.03. The van der Waals surface area contributed by atoms with Crippen molar-refractivity contribution in [3.63, 3.8) is 0 Å². The normalized spacial score (nSPS) is 10.9. The van der Waals surface area contributed by atoms with Crippen molar-refractivity contribution >= 4 is 11.5 Å². The van der Waals surface area contributed by atoms with Gasteiger partial charge in [-0.1, -0.05) is 18.7 Å². The van der Waals surface area contributed by atoms with Crippen molar-refractivity contribution in [2.24, 2.45) is 0 Å². The summed E-state index contributed by atoms with van der Waals surface area (Å²) in [6.07, 6.45) is 5.31. The Hall–Kier alpha value is -1.90. The molecular weight excluding hydrogens is 188 g/mol. The van der Waals surface area contributed by atoms with Gasteiger partial charge in [-0.05, 0) is 30.2 Å². The van der Waals surface area contributed by atoms with Crippen LogP contribution in [0.15, 0.2) is 37.1 Å². The molecule has 1 N–H and O–H groups in total. The van der Waals surface area contributed by atoms with Crippen LogP contribution in [0, 0.1) is 0 Å². The lowest BCUT2D eigenvalue weighted by atomic mass is 10.1. The highest BCUT2D eigenvalue weighted by molar-refractivity contribution is 5.93. The van der Waals surface area contributed by atoms with Crippen molar-refractivity contribution in [3.05, 3.63) is 48.3 Å². The van der Waals surface area contributed by atoms with Gasteiger partial charge in [0.15, 0.2) is 0 Å². The topological polar surface area (TPSA) is 42.0 Å². The minimum absolute atomic E-state index is 0.184. The van der Waals surface area contributed by atoms with Gasteiger partial charge in [0.2, 0.25) is 0 Å². The summed E-state index contributed by atoms with van der Waals surface area (Å²) in [5.74, 6) is -0.184. The molecule has 3 heteroatoms. The molecule has 1 aromatic heterocycles. The van der Waals surface area contributed by atoms with E-state index in [-0.39, 0.29) is 5.91 Å². The Morgan fingerprint density at radius 3 is 2.87 bits per heavy atom. The summed E-state index contributed by atoms with van der Waals surface area (Å²) >= 11 is 0. The lowest BCUT2D eigenvalue weighted by Crippen LogP contribution is -2.19. The first-order valence-corrected chi connectivity index (χ1v) is 4.70. The molecule has 0 aromatic carbocycles. The number of hydrogen-bond donors (Lipinski definition) is 1. The molecular formula is C12H14N2O. The molecule has 1 heterocycles. The van der Waals surface area contributed by atoms with Crippen LogP contribution in [0.5, 0.6) is 0 Å². The van der Waals surface area contributed by atoms with Crippen LogP contribution >= 0.6 is 0 Å². The molecule has 0 unspecified atom stereocenters. The minimum Gasteiger partial charge on any atom is -0.354 e. The Morgan fingerprint density at radius 1 is 1.60 bits per heavy atom. The quantitative estimate of drug-likeness (QED) is 0.762. The number of carbonyl (C=O) groups excluding carboxylic acids is 1. The zero-order valence-corrected chi connectivity index (χ0v) is 8.95. The van der Waals surface area contributed by atoms with E-state index in [0.29, 0.717) is 5.69 Å². The van der Waals surface area contributed by atoms with Gasteiger partial charge in [0.25, 0.3) is 5.91 Å². The van der Waals surface area contributed by atoms with E-state index >= 15 is 0 Å². The molecule has 0 radical (unpaired) electrons. The molecule has 1 rings (SSSR count). The third-order valence-corrected chi connectivity index (χ3v) is 2.08. The summed E-state index contributed by atoms with van der Waals surface area (Å²) in [7, 11) is 1.58. The highest BCUT2D eigenvalue weighted by Gasteiger charge is 2.05. The molecule has 0 saturated carbocycles. The highest BCUT2D eigenvalue weighted by atomic mass is 16.1. The Morgan fingerprint density at radius 2 is 2.33 bits per heavy atom. The summed E-state index contributed by atoms with van der Waals surface area (Å²) in [5, 5.41) is 2.54. The second kappa shape index (κ2) is 5.10. The Bertz CT molecular complexity index is 408. The number of rotatable bonds is 3. The SMILES string of the molecule is C=C/C(=C\C)c1ccnc(C(=O)NC)c1. The van der Waals surface area contributed by atoms with Gasteiger partial charge in [0.1, 0.15) is 5.69 Å². The van der Waals surface area contributed by atoms with Crippen LogP contribution in [0.25, 0.3) is 5.57 Å². The third kappa shape index (κ3) is 2.53. The number of pyridine rings is 1. The van der Waals surface area contributed by atoms with Crippen molar-refractivity contribution in [2.75, 3.05) is 7.05 Å². The first-order valence-electron chi connectivity index (χ1n) is 4.70. The van der Waals surface area contributed by atoms with Gasteiger partial charge in [-0.3, -0.25) is 9.78 Å². The zero-order chi connectivity index (χ0) is 11.3. The first kappa shape index (κ1) is 11.2. The molecule has 0 atom stereocenters. The van der Waals surface area contributed by atoms with Crippen molar-refractivity contribution in [2.45, 2.75) is 6.92 Å². The maximum absolute atomic E-state index is 11.3. The summed E-state index contributed by atoms with van der Waals surface area (Å²) < 4.78 is 0. The fourth-order valence-corrected chi connectivity index (χ4v) is 1.26. The molecule has 0 spiro atoms. The number of aromatic nitrogens is 1. The van der Waals surface area contributed by atoms with E-state index in [4.69, 9.17) is 0 Å². The second-order valence-corrected chi connectivity index (χ2v) is 2.96. The van der Waals surface area contributed by atoms with Crippen LogP contribution in [0.3, 0.4) is 0 Å². The van der Waals surface area contributed by atoms with E-state index < -0.39 is 0 Å². The average Bonchev–Trinajstić information content (AvgIpc) is 2.30. The lowest BCUT2D eigenvalue weighted by molar-refractivity contribution is 0.0958. The molecule has 0 aliphatic heterocycles. The summed E-state index contributed by atoms with van der Waals surface area (Å²) in [4.78, 5) is 15.3. The van der Waals surface area contributed by atoms with Crippen molar-refractivity contribution in [1.82, 2.24) is 10.3 Å². The molecule has 0 aliphatic carbocycles. The van der Waals surface area contributed by atoms with Crippen molar-refractivity contribution in [3.8, 4) is 0 Å². The number of amides is 1. The monoisotopic (exact) mass is 202 g/mol. The maximum Gasteiger partial charge on any atom is 0.269 e. The molecule has 0 saturated heterocycles. The fraction of sp³-hybridized carbons (Fsp3) is 0.167. The summed E-state index contributed by atoms with van der Waals surface area (Å²) in [6.45, 7) is 5.64. The molecule has 0 aliphatic rings. The fourth-order valence-electron chi connectivity index (χ4n) is 1.26. The van der Waals surface area contributed by atoms with Gasteiger partial charge in [-0.15, -0.1) is 0 Å². The number of allylic oxidation sites excluding steroid dienone is 3.